The second-order valence-electron chi connectivity index (χ2n) is 4.03. The van der Waals surface area contributed by atoms with Crippen molar-refractivity contribution < 1.29 is 4.74 Å². The Morgan fingerprint density at radius 2 is 2.27 bits per heavy atom. The van der Waals surface area contributed by atoms with E-state index < -0.39 is 0 Å². The molecule has 2 rings (SSSR count). The first-order valence-electron chi connectivity index (χ1n) is 5.80. The zero-order valence-electron chi connectivity index (χ0n) is 9.08. The lowest BCUT2D eigenvalue weighted by atomic mass is 10.3. The molecule has 3 heteroatoms. The summed E-state index contributed by atoms with van der Waals surface area (Å²) in [4.78, 5) is 1.40. The number of nitrogens with one attached hydrogen (secondary N) is 1. The van der Waals surface area contributed by atoms with Gasteiger partial charge in [-0.1, -0.05) is 18.9 Å². The minimum Gasteiger partial charge on any atom is -0.377 e. The molecule has 0 atom stereocenters. The van der Waals surface area contributed by atoms with Gasteiger partial charge in [-0.15, -0.1) is 11.3 Å². The van der Waals surface area contributed by atoms with Crippen LogP contribution in [-0.2, 0) is 11.3 Å². The highest BCUT2D eigenvalue weighted by atomic mass is 32.1. The van der Waals surface area contributed by atoms with Crippen LogP contribution in [-0.4, -0.2) is 19.3 Å². The Bertz CT molecular complexity index is 255. The Labute approximate surface area is 95.6 Å². The van der Waals surface area contributed by atoms with Crippen molar-refractivity contribution in [2.45, 2.75) is 38.3 Å². The van der Waals surface area contributed by atoms with Gasteiger partial charge in [-0.2, -0.15) is 0 Å². The summed E-state index contributed by atoms with van der Waals surface area (Å²) in [6, 6.07) is 4.26. The van der Waals surface area contributed by atoms with Crippen LogP contribution in [0.1, 0.15) is 30.6 Å². The van der Waals surface area contributed by atoms with Gasteiger partial charge >= 0.3 is 0 Å². The van der Waals surface area contributed by atoms with Crippen molar-refractivity contribution in [2.24, 2.45) is 0 Å². The molecule has 1 aromatic heterocycles. The Kier molecular flexibility index (Phi) is 4.64. The normalized spacial score (nSPS) is 17.3. The van der Waals surface area contributed by atoms with E-state index in [1.165, 1.54) is 30.6 Å². The van der Waals surface area contributed by atoms with Crippen LogP contribution >= 0.6 is 11.3 Å². The van der Waals surface area contributed by atoms with Gasteiger partial charge < -0.3 is 10.1 Å². The molecule has 0 bridgehead atoms. The summed E-state index contributed by atoms with van der Waals surface area (Å²) in [5.41, 5.74) is 0. The van der Waals surface area contributed by atoms with E-state index in [-0.39, 0.29) is 0 Å². The highest BCUT2D eigenvalue weighted by molar-refractivity contribution is 7.09. The maximum atomic E-state index is 5.76. The minimum atomic E-state index is 0.550. The lowest BCUT2D eigenvalue weighted by Crippen LogP contribution is -2.21. The third-order valence-electron chi connectivity index (χ3n) is 2.81. The molecular weight excluding hydrogens is 206 g/mol. The highest BCUT2D eigenvalue weighted by Crippen LogP contribution is 2.20. The fourth-order valence-corrected chi connectivity index (χ4v) is 2.65. The van der Waals surface area contributed by atoms with Crippen LogP contribution in [0.15, 0.2) is 17.5 Å². The zero-order valence-corrected chi connectivity index (χ0v) is 9.89. The molecule has 1 fully saturated rings. The van der Waals surface area contributed by atoms with Crippen molar-refractivity contribution in [1.29, 1.82) is 0 Å². The van der Waals surface area contributed by atoms with Gasteiger partial charge in [-0.05, 0) is 24.3 Å². The summed E-state index contributed by atoms with van der Waals surface area (Å²) in [6.07, 6.45) is 5.80. The number of thiophene rings is 1. The fourth-order valence-electron chi connectivity index (χ4n) is 1.98. The summed E-state index contributed by atoms with van der Waals surface area (Å²) < 4.78 is 5.76. The van der Waals surface area contributed by atoms with Crippen molar-refractivity contribution in [1.82, 2.24) is 5.32 Å². The van der Waals surface area contributed by atoms with Crippen LogP contribution in [0.3, 0.4) is 0 Å². The third-order valence-corrected chi connectivity index (χ3v) is 3.69. The number of rotatable bonds is 6. The van der Waals surface area contributed by atoms with Gasteiger partial charge in [0.15, 0.2) is 0 Å². The molecule has 0 amide bonds. The van der Waals surface area contributed by atoms with Crippen molar-refractivity contribution >= 4 is 11.3 Å². The van der Waals surface area contributed by atoms with E-state index >= 15 is 0 Å². The second kappa shape index (κ2) is 6.26. The molecule has 1 aliphatic carbocycles. The SMILES string of the molecule is c1csc(CNCCOC2CCCC2)c1. The summed E-state index contributed by atoms with van der Waals surface area (Å²) in [7, 11) is 0. The molecule has 1 aromatic rings. The largest absolute Gasteiger partial charge is 0.377 e. The second-order valence-corrected chi connectivity index (χ2v) is 5.07. The lowest BCUT2D eigenvalue weighted by molar-refractivity contribution is 0.0603. The van der Waals surface area contributed by atoms with Crippen LogP contribution in [0.25, 0.3) is 0 Å². The van der Waals surface area contributed by atoms with E-state index in [4.69, 9.17) is 4.74 Å². The maximum absolute atomic E-state index is 5.76. The molecule has 0 aliphatic heterocycles. The summed E-state index contributed by atoms with van der Waals surface area (Å²) in [5, 5.41) is 5.51. The van der Waals surface area contributed by atoms with Gasteiger partial charge in [0.25, 0.3) is 0 Å². The standard InChI is InChI=1S/C12H19NOS/c1-2-5-11(4-1)14-8-7-13-10-12-6-3-9-15-12/h3,6,9,11,13H,1-2,4-5,7-8,10H2. The van der Waals surface area contributed by atoms with E-state index in [2.05, 4.69) is 22.8 Å². The topological polar surface area (TPSA) is 21.3 Å². The Balaban J connectivity index is 1.48. The zero-order chi connectivity index (χ0) is 10.3. The van der Waals surface area contributed by atoms with Crippen molar-refractivity contribution in [3.05, 3.63) is 22.4 Å². The molecule has 84 valence electrons. The molecule has 0 radical (unpaired) electrons. The predicted octanol–water partition coefficient (Wildman–Crippen LogP) is 2.80. The molecule has 15 heavy (non-hydrogen) atoms. The van der Waals surface area contributed by atoms with Crippen LogP contribution in [0.5, 0.6) is 0 Å². The Hall–Kier alpha value is -0.380. The van der Waals surface area contributed by atoms with Gasteiger partial charge in [0, 0.05) is 18.0 Å². The van der Waals surface area contributed by atoms with Gasteiger partial charge in [0.05, 0.1) is 12.7 Å². The van der Waals surface area contributed by atoms with E-state index in [0.29, 0.717) is 6.10 Å². The summed E-state index contributed by atoms with van der Waals surface area (Å²) in [6.45, 7) is 2.80. The quantitative estimate of drug-likeness (QED) is 0.752. The first-order valence-corrected chi connectivity index (χ1v) is 6.68. The lowest BCUT2D eigenvalue weighted by Gasteiger charge is -2.10. The van der Waals surface area contributed by atoms with Crippen molar-refractivity contribution in [3.63, 3.8) is 0 Å². The Morgan fingerprint density at radius 1 is 1.40 bits per heavy atom. The van der Waals surface area contributed by atoms with Crippen LogP contribution in [0.2, 0.25) is 0 Å². The van der Waals surface area contributed by atoms with E-state index in [0.717, 1.165) is 19.7 Å². The van der Waals surface area contributed by atoms with E-state index in [9.17, 15) is 0 Å². The average Bonchev–Trinajstić information content (AvgIpc) is 2.88. The monoisotopic (exact) mass is 225 g/mol. The molecule has 2 nitrogen and oxygen atoms in total. The van der Waals surface area contributed by atoms with Crippen LogP contribution < -0.4 is 5.32 Å². The molecule has 1 heterocycles. The maximum Gasteiger partial charge on any atom is 0.0594 e. The molecule has 1 saturated carbocycles. The smallest absolute Gasteiger partial charge is 0.0594 e. The number of hydrogen-bond donors (Lipinski definition) is 1. The Morgan fingerprint density at radius 3 is 3.00 bits per heavy atom. The van der Waals surface area contributed by atoms with Gasteiger partial charge in [-0.3, -0.25) is 0 Å². The summed E-state index contributed by atoms with van der Waals surface area (Å²) in [5.74, 6) is 0. The van der Waals surface area contributed by atoms with Crippen LogP contribution in [0, 0.1) is 0 Å². The predicted molar refractivity (Wildman–Crippen MR) is 64.2 cm³/mol. The van der Waals surface area contributed by atoms with Gasteiger partial charge in [0.1, 0.15) is 0 Å². The minimum absolute atomic E-state index is 0.550. The molecule has 0 aromatic carbocycles. The molecule has 1 aliphatic rings. The van der Waals surface area contributed by atoms with E-state index in [1.54, 1.807) is 11.3 Å². The molecular formula is C12H19NOS. The first-order chi connectivity index (χ1) is 7.45. The van der Waals surface area contributed by atoms with Crippen molar-refractivity contribution in [3.8, 4) is 0 Å². The first kappa shape index (κ1) is 11.1. The summed E-state index contributed by atoms with van der Waals surface area (Å²) >= 11 is 1.80. The highest BCUT2D eigenvalue weighted by Gasteiger charge is 2.14. The average molecular weight is 225 g/mol. The third kappa shape index (κ3) is 3.93. The number of hydrogen-bond acceptors (Lipinski definition) is 3. The molecule has 1 N–H and O–H groups in total. The van der Waals surface area contributed by atoms with Gasteiger partial charge in [-0.25, -0.2) is 0 Å². The molecule has 0 saturated heterocycles. The van der Waals surface area contributed by atoms with Crippen molar-refractivity contribution in [2.75, 3.05) is 13.2 Å². The van der Waals surface area contributed by atoms with E-state index in [1.807, 2.05) is 0 Å². The van der Waals surface area contributed by atoms with Gasteiger partial charge in [0.2, 0.25) is 0 Å². The molecule has 0 spiro atoms. The number of ether oxygens (including phenoxy) is 1. The molecule has 0 unspecified atom stereocenters. The fraction of sp³-hybridized carbons (Fsp3) is 0.667. The van der Waals surface area contributed by atoms with Crippen LogP contribution in [0.4, 0.5) is 0 Å².